The lowest BCUT2D eigenvalue weighted by molar-refractivity contribution is -0.136. The van der Waals surface area contributed by atoms with Gasteiger partial charge in [0.25, 0.3) is 11.8 Å². The van der Waals surface area contributed by atoms with Crippen molar-refractivity contribution < 1.29 is 19.2 Å². The van der Waals surface area contributed by atoms with Crippen molar-refractivity contribution in [3.63, 3.8) is 0 Å². The highest BCUT2D eigenvalue weighted by molar-refractivity contribution is 8.27. The predicted molar refractivity (Wildman–Crippen MR) is 179 cm³/mol. The fourth-order valence-electron chi connectivity index (χ4n) is 4.45. The third-order valence-corrected chi connectivity index (χ3v) is 11.1. The number of hydrogen-bond donors (Lipinski definition) is 1. The monoisotopic (exact) mass is 677 g/mol. The maximum Gasteiger partial charge on any atom is 0.266 e. The average molecular weight is 678 g/mol. The van der Waals surface area contributed by atoms with E-state index in [0.717, 1.165) is 9.75 Å². The van der Waals surface area contributed by atoms with E-state index in [1.807, 2.05) is 47.2 Å². The molecule has 0 radical (unpaired) electrons. The molecule has 0 aliphatic carbocycles. The highest BCUT2D eigenvalue weighted by Gasteiger charge is 2.35. The van der Waals surface area contributed by atoms with Crippen molar-refractivity contribution in [1.29, 1.82) is 0 Å². The Labute approximate surface area is 271 Å². The van der Waals surface area contributed by atoms with E-state index >= 15 is 0 Å². The number of carbonyl (C=O) groups is 4. The first-order valence-electron chi connectivity index (χ1n) is 13.1. The van der Waals surface area contributed by atoms with Crippen LogP contribution in [0.4, 0.5) is 0 Å². The summed E-state index contributed by atoms with van der Waals surface area (Å²) < 4.78 is 0.864. The number of piperazine rings is 1. The molecule has 1 N–H and O–H groups in total. The van der Waals surface area contributed by atoms with Gasteiger partial charge in [0.15, 0.2) is 0 Å². The Morgan fingerprint density at radius 2 is 1.40 bits per heavy atom. The summed E-state index contributed by atoms with van der Waals surface area (Å²) in [6.07, 6.45) is 3.81. The summed E-state index contributed by atoms with van der Waals surface area (Å²) in [4.78, 5) is 60.8. The van der Waals surface area contributed by atoms with Gasteiger partial charge in [-0.25, -0.2) is 0 Å². The molecule has 0 spiro atoms. The molecule has 0 unspecified atom stereocenters. The van der Waals surface area contributed by atoms with E-state index < -0.39 is 0 Å². The zero-order valence-corrected chi connectivity index (χ0v) is 27.3. The van der Waals surface area contributed by atoms with Crippen LogP contribution in [0.15, 0.2) is 44.8 Å². The summed E-state index contributed by atoms with van der Waals surface area (Å²) in [6.45, 7) is 3.73. The van der Waals surface area contributed by atoms with Crippen LogP contribution >= 0.6 is 70.6 Å². The molecule has 9 nitrogen and oxygen atoms in total. The molecule has 2 aromatic heterocycles. The van der Waals surface area contributed by atoms with Crippen LogP contribution in [0.25, 0.3) is 12.2 Å². The zero-order chi connectivity index (χ0) is 29.6. The Morgan fingerprint density at radius 3 is 1.98 bits per heavy atom. The molecule has 0 atom stereocenters. The number of hydrogen-bond acceptors (Lipinski definition) is 11. The van der Waals surface area contributed by atoms with Crippen LogP contribution in [-0.4, -0.2) is 104 Å². The van der Waals surface area contributed by atoms with Crippen molar-refractivity contribution in [1.82, 2.24) is 24.9 Å². The third kappa shape index (κ3) is 7.75. The largest absolute Gasteiger partial charge is 0.355 e. The summed E-state index contributed by atoms with van der Waals surface area (Å²) in [5.74, 6) is -0.663. The first-order valence-corrected chi connectivity index (χ1v) is 17.3. The molecule has 0 bridgehead atoms. The topological polar surface area (TPSA) is 93.3 Å². The van der Waals surface area contributed by atoms with Gasteiger partial charge in [0.2, 0.25) is 11.8 Å². The molecule has 0 aromatic carbocycles. The number of nitrogens with one attached hydrogen (secondary N) is 1. The maximum absolute atomic E-state index is 12.9. The van der Waals surface area contributed by atoms with Crippen LogP contribution < -0.4 is 5.32 Å². The number of thiophene rings is 2. The molecule has 3 fully saturated rings. The molecule has 5 heterocycles. The summed E-state index contributed by atoms with van der Waals surface area (Å²) in [6, 6.07) is 7.72. The van der Waals surface area contributed by atoms with Gasteiger partial charge in [-0.1, -0.05) is 60.1 Å². The fraction of sp³-hybridized carbons (Fsp3) is 0.333. The molecule has 3 saturated heterocycles. The Kier molecular flexibility index (Phi) is 10.6. The summed E-state index contributed by atoms with van der Waals surface area (Å²) >= 11 is 16.3. The standard InChI is InChI=1S/C27H27N5O4S6/c33-22(5-7-31-24(35)20(41-26(31)37)15-18-3-1-13-39-18)28-6-8-29-9-11-30(12-10-29)23(34)17-32-25(36)21(42-27(32)38)16-19-4-2-14-40-19/h1-4,13-16H,5-12,17H2,(H,28,33)/b20-15+,21-16+. The van der Waals surface area contributed by atoms with Crippen molar-refractivity contribution in [3.05, 3.63) is 54.6 Å². The Bertz CT molecular complexity index is 1430. The second kappa shape index (κ2) is 14.4. The molecule has 2 aromatic rings. The van der Waals surface area contributed by atoms with Gasteiger partial charge >= 0.3 is 0 Å². The van der Waals surface area contributed by atoms with Gasteiger partial charge in [-0.15, -0.1) is 22.7 Å². The fourth-order valence-corrected chi connectivity index (χ4v) is 8.45. The van der Waals surface area contributed by atoms with E-state index in [1.165, 1.54) is 44.7 Å². The second-order valence-electron chi connectivity index (χ2n) is 9.45. The normalized spacial score (nSPS) is 20.0. The molecule has 4 amide bonds. The number of rotatable bonds is 10. The summed E-state index contributed by atoms with van der Waals surface area (Å²) in [7, 11) is 0. The lowest BCUT2D eigenvalue weighted by Crippen LogP contribution is -2.52. The minimum atomic E-state index is -0.230. The van der Waals surface area contributed by atoms with Gasteiger partial charge in [-0.05, 0) is 35.0 Å². The highest BCUT2D eigenvalue weighted by Crippen LogP contribution is 2.34. The van der Waals surface area contributed by atoms with Crippen molar-refractivity contribution in [2.75, 3.05) is 52.4 Å². The minimum Gasteiger partial charge on any atom is -0.355 e. The van der Waals surface area contributed by atoms with Crippen molar-refractivity contribution in [2.24, 2.45) is 0 Å². The molecule has 5 rings (SSSR count). The quantitative estimate of drug-likeness (QED) is 0.300. The summed E-state index contributed by atoms with van der Waals surface area (Å²) in [5, 5.41) is 6.81. The molecule has 220 valence electrons. The predicted octanol–water partition coefficient (Wildman–Crippen LogP) is 3.56. The van der Waals surface area contributed by atoms with Crippen LogP contribution in [0.5, 0.6) is 0 Å². The van der Waals surface area contributed by atoms with E-state index in [9.17, 15) is 19.2 Å². The van der Waals surface area contributed by atoms with Crippen molar-refractivity contribution >= 4 is 115 Å². The molecule has 15 heteroatoms. The van der Waals surface area contributed by atoms with Gasteiger partial charge in [0.05, 0.1) is 9.81 Å². The molecular weight excluding hydrogens is 651 g/mol. The Balaban J connectivity index is 0.989. The van der Waals surface area contributed by atoms with Crippen LogP contribution in [-0.2, 0) is 19.2 Å². The van der Waals surface area contributed by atoms with Gasteiger partial charge in [-0.2, -0.15) is 0 Å². The number of amides is 4. The van der Waals surface area contributed by atoms with Crippen molar-refractivity contribution in [3.8, 4) is 0 Å². The molecule has 42 heavy (non-hydrogen) atoms. The van der Waals surface area contributed by atoms with E-state index in [0.29, 0.717) is 57.7 Å². The molecule has 3 aliphatic heterocycles. The van der Waals surface area contributed by atoms with E-state index in [-0.39, 0.29) is 43.1 Å². The van der Waals surface area contributed by atoms with E-state index in [4.69, 9.17) is 24.4 Å². The van der Waals surface area contributed by atoms with Crippen LogP contribution in [0.1, 0.15) is 16.2 Å². The zero-order valence-electron chi connectivity index (χ0n) is 22.4. The number of carbonyl (C=O) groups excluding carboxylic acids is 4. The average Bonchev–Trinajstić information content (AvgIpc) is 3.77. The molecule has 0 saturated carbocycles. The van der Waals surface area contributed by atoms with Crippen LogP contribution in [0.3, 0.4) is 0 Å². The molecule has 3 aliphatic rings. The SMILES string of the molecule is O=C(CCN1C(=O)/C(=C\c2cccs2)SC1=S)NCCN1CCN(C(=O)CN2C(=O)/C(=C\c3cccs3)SC2=S)CC1. The second-order valence-corrected chi connectivity index (χ2v) is 14.8. The first-order chi connectivity index (χ1) is 20.3. The maximum atomic E-state index is 12.9. The summed E-state index contributed by atoms with van der Waals surface area (Å²) in [5.41, 5.74) is 0. The molecular formula is C27H27N5O4S6. The van der Waals surface area contributed by atoms with E-state index in [2.05, 4.69) is 10.2 Å². The van der Waals surface area contributed by atoms with Crippen molar-refractivity contribution in [2.45, 2.75) is 6.42 Å². The number of nitrogens with zero attached hydrogens (tertiary/aromatic N) is 4. The van der Waals surface area contributed by atoms with Gasteiger partial charge in [0, 0.05) is 62.0 Å². The smallest absolute Gasteiger partial charge is 0.266 e. The lowest BCUT2D eigenvalue weighted by Gasteiger charge is -2.35. The Hall–Kier alpha value is -2.40. The third-order valence-electron chi connectivity index (χ3n) is 6.71. The van der Waals surface area contributed by atoms with Gasteiger partial charge in [-0.3, -0.25) is 33.9 Å². The number of thioether (sulfide) groups is 2. The minimum absolute atomic E-state index is 0.0602. The first kappa shape index (κ1) is 31.0. The highest BCUT2D eigenvalue weighted by atomic mass is 32.2. The van der Waals surface area contributed by atoms with Crippen LogP contribution in [0.2, 0.25) is 0 Å². The van der Waals surface area contributed by atoms with Gasteiger partial charge in [0.1, 0.15) is 15.2 Å². The van der Waals surface area contributed by atoms with Crippen LogP contribution in [0, 0.1) is 0 Å². The number of thiocarbonyl (C=S) groups is 2. The lowest BCUT2D eigenvalue weighted by atomic mass is 10.3. The van der Waals surface area contributed by atoms with Gasteiger partial charge < -0.3 is 10.2 Å². The van der Waals surface area contributed by atoms with E-state index in [1.54, 1.807) is 16.2 Å². The Morgan fingerprint density at radius 1 is 0.833 bits per heavy atom.